The van der Waals surface area contributed by atoms with Crippen LogP contribution < -0.4 is 5.73 Å². The standard InChI is InChI=1S/C14H15ClIN3O2/c15-10-6-8(4-5-11(10)16)14-18-13(19-21-14)12(17)7-20-9-2-1-3-9/h4-6,9,12H,1-3,7,17H2. The molecular formula is C14H15ClIN3O2. The van der Waals surface area contributed by atoms with Crippen LogP contribution in [0.2, 0.25) is 5.02 Å². The Morgan fingerprint density at radius 2 is 2.29 bits per heavy atom. The topological polar surface area (TPSA) is 74.2 Å². The Kier molecular flexibility index (Phi) is 4.78. The van der Waals surface area contributed by atoms with Gasteiger partial charge in [-0.3, -0.25) is 0 Å². The van der Waals surface area contributed by atoms with Crippen molar-refractivity contribution in [1.29, 1.82) is 0 Å². The highest BCUT2D eigenvalue weighted by Gasteiger charge is 2.21. The van der Waals surface area contributed by atoms with E-state index in [1.807, 2.05) is 12.1 Å². The van der Waals surface area contributed by atoms with E-state index < -0.39 is 0 Å². The van der Waals surface area contributed by atoms with Gasteiger partial charge in [-0.05, 0) is 60.1 Å². The number of nitrogens with zero attached hydrogens (tertiary/aromatic N) is 2. The lowest BCUT2D eigenvalue weighted by atomic mass is 9.96. The Morgan fingerprint density at radius 1 is 1.48 bits per heavy atom. The average molecular weight is 420 g/mol. The third-order valence-electron chi connectivity index (χ3n) is 3.50. The summed E-state index contributed by atoms with van der Waals surface area (Å²) in [5, 5.41) is 4.59. The number of hydrogen-bond donors (Lipinski definition) is 1. The molecule has 7 heteroatoms. The lowest BCUT2D eigenvalue weighted by Gasteiger charge is -2.26. The number of rotatable bonds is 5. The second kappa shape index (κ2) is 6.60. The molecule has 1 heterocycles. The summed E-state index contributed by atoms with van der Waals surface area (Å²) in [5.74, 6) is 0.876. The molecule has 1 aliphatic rings. The van der Waals surface area contributed by atoms with Crippen LogP contribution in [0.3, 0.4) is 0 Å². The van der Waals surface area contributed by atoms with Crippen LogP contribution in [0, 0.1) is 3.57 Å². The van der Waals surface area contributed by atoms with E-state index in [-0.39, 0.29) is 6.04 Å². The minimum absolute atomic E-state index is 0.345. The molecule has 0 spiro atoms. The van der Waals surface area contributed by atoms with E-state index in [1.165, 1.54) is 6.42 Å². The maximum Gasteiger partial charge on any atom is 0.258 e. The Hall–Kier alpha value is -0.700. The highest BCUT2D eigenvalue weighted by atomic mass is 127. The third-order valence-corrected chi connectivity index (χ3v) is 5.08. The number of nitrogens with two attached hydrogens (primary N) is 1. The molecule has 1 atom stereocenters. The Morgan fingerprint density at radius 3 is 2.95 bits per heavy atom. The first-order chi connectivity index (χ1) is 10.1. The molecule has 1 fully saturated rings. The minimum atomic E-state index is -0.373. The molecule has 0 bridgehead atoms. The lowest BCUT2D eigenvalue weighted by Crippen LogP contribution is -2.27. The largest absolute Gasteiger partial charge is 0.376 e. The molecule has 112 valence electrons. The van der Waals surface area contributed by atoms with E-state index in [4.69, 9.17) is 26.6 Å². The lowest BCUT2D eigenvalue weighted by molar-refractivity contribution is -0.00549. The van der Waals surface area contributed by atoms with Crippen molar-refractivity contribution < 1.29 is 9.26 Å². The molecule has 0 amide bonds. The summed E-state index contributed by atoms with van der Waals surface area (Å²) in [7, 11) is 0. The highest BCUT2D eigenvalue weighted by molar-refractivity contribution is 14.1. The van der Waals surface area contributed by atoms with Crippen molar-refractivity contribution in [3.8, 4) is 11.5 Å². The molecule has 0 aliphatic heterocycles. The molecular weight excluding hydrogens is 405 g/mol. The summed E-state index contributed by atoms with van der Waals surface area (Å²) < 4.78 is 11.9. The van der Waals surface area contributed by atoms with Crippen LogP contribution in [0.25, 0.3) is 11.5 Å². The highest BCUT2D eigenvalue weighted by Crippen LogP contribution is 2.27. The SMILES string of the molecule is NC(COC1CCC1)c1noc(-c2ccc(I)c(Cl)c2)n1. The Bertz CT molecular complexity index is 630. The Labute approximate surface area is 141 Å². The second-order valence-corrected chi connectivity index (χ2v) is 6.65. The van der Waals surface area contributed by atoms with Crippen molar-refractivity contribution in [2.75, 3.05) is 6.61 Å². The zero-order valence-electron chi connectivity index (χ0n) is 11.3. The summed E-state index contributed by atoms with van der Waals surface area (Å²) in [4.78, 5) is 4.33. The average Bonchev–Trinajstić information content (AvgIpc) is 2.89. The molecule has 0 saturated heterocycles. The fraction of sp³-hybridized carbons (Fsp3) is 0.429. The molecule has 1 aromatic carbocycles. The summed E-state index contributed by atoms with van der Waals surface area (Å²) in [5.41, 5.74) is 6.81. The van der Waals surface area contributed by atoms with Crippen LogP contribution in [0.1, 0.15) is 31.1 Å². The third kappa shape index (κ3) is 3.56. The van der Waals surface area contributed by atoms with Gasteiger partial charge >= 0.3 is 0 Å². The van der Waals surface area contributed by atoms with Gasteiger partial charge in [-0.15, -0.1) is 0 Å². The van der Waals surface area contributed by atoms with Gasteiger partial charge in [0.05, 0.1) is 23.8 Å². The normalized spacial score (nSPS) is 16.7. The summed E-state index contributed by atoms with van der Waals surface area (Å²) in [6.45, 7) is 0.414. The van der Waals surface area contributed by atoms with Crippen molar-refractivity contribution in [1.82, 2.24) is 10.1 Å². The number of benzene rings is 1. The molecule has 1 aromatic heterocycles. The van der Waals surface area contributed by atoms with Crippen molar-refractivity contribution >= 4 is 34.2 Å². The van der Waals surface area contributed by atoms with Crippen LogP contribution in [-0.4, -0.2) is 22.9 Å². The molecule has 1 unspecified atom stereocenters. The summed E-state index contributed by atoms with van der Waals surface area (Å²) in [6.07, 6.45) is 3.81. The van der Waals surface area contributed by atoms with Gasteiger partial charge in [-0.25, -0.2) is 0 Å². The predicted octanol–water partition coefficient (Wildman–Crippen LogP) is 3.56. The van der Waals surface area contributed by atoms with Gasteiger partial charge in [0.2, 0.25) is 0 Å². The van der Waals surface area contributed by atoms with Crippen LogP contribution in [-0.2, 0) is 4.74 Å². The second-order valence-electron chi connectivity index (χ2n) is 5.08. The zero-order chi connectivity index (χ0) is 14.8. The van der Waals surface area contributed by atoms with Gasteiger partial charge in [0.1, 0.15) is 0 Å². The van der Waals surface area contributed by atoms with Gasteiger partial charge in [-0.1, -0.05) is 16.8 Å². The molecule has 2 N–H and O–H groups in total. The van der Waals surface area contributed by atoms with Gasteiger partial charge < -0.3 is 15.0 Å². The number of halogens is 2. The van der Waals surface area contributed by atoms with Crippen LogP contribution in [0.5, 0.6) is 0 Å². The van der Waals surface area contributed by atoms with Gasteiger partial charge in [0.15, 0.2) is 5.82 Å². The van der Waals surface area contributed by atoms with Crippen molar-refractivity contribution in [3.63, 3.8) is 0 Å². The van der Waals surface area contributed by atoms with E-state index in [2.05, 4.69) is 32.7 Å². The van der Waals surface area contributed by atoms with E-state index in [1.54, 1.807) is 6.07 Å². The van der Waals surface area contributed by atoms with E-state index in [9.17, 15) is 0 Å². The maximum absolute atomic E-state index is 6.10. The number of hydrogen-bond acceptors (Lipinski definition) is 5. The predicted molar refractivity (Wildman–Crippen MR) is 88.0 cm³/mol. The Balaban J connectivity index is 1.68. The summed E-state index contributed by atoms with van der Waals surface area (Å²) in [6, 6.07) is 5.22. The molecule has 1 aliphatic carbocycles. The van der Waals surface area contributed by atoms with Crippen molar-refractivity contribution in [2.24, 2.45) is 5.73 Å². The van der Waals surface area contributed by atoms with Crippen molar-refractivity contribution in [3.05, 3.63) is 32.6 Å². The molecule has 2 aromatic rings. The van der Waals surface area contributed by atoms with E-state index in [0.717, 1.165) is 22.0 Å². The fourth-order valence-corrected chi connectivity index (χ4v) is 2.50. The number of aromatic nitrogens is 2. The first kappa shape index (κ1) is 15.2. The van der Waals surface area contributed by atoms with Crippen LogP contribution in [0.4, 0.5) is 0 Å². The molecule has 21 heavy (non-hydrogen) atoms. The first-order valence-corrected chi connectivity index (χ1v) is 8.25. The minimum Gasteiger partial charge on any atom is -0.376 e. The zero-order valence-corrected chi connectivity index (χ0v) is 14.2. The van der Waals surface area contributed by atoms with E-state index >= 15 is 0 Å². The first-order valence-electron chi connectivity index (χ1n) is 6.79. The van der Waals surface area contributed by atoms with Gasteiger partial charge in [-0.2, -0.15) is 4.98 Å². The van der Waals surface area contributed by atoms with Crippen LogP contribution in [0.15, 0.2) is 22.7 Å². The van der Waals surface area contributed by atoms with Gasteiger partial charge in [0, 0.05) is 9.13 Å². The van der Waals surface area contributed by atoms with E-state index in [0.29, 0.717) is 29.4 Å². The quantitative estimate of drug-likeness (QED) is 0.750. The smallest absolute Gasteiger partial charge is 0.258 e. The van der Waals surface area contributed by atoms with Gasteiger partial charge in [0.25, 0.3) is 5.89 Å². The molecule has 1 saturated carbocycles. The molecule has 3 rings (SSSR count). The number of ether oxygens (including phenoxy) is 1. The van der Waals surface area contributed by atoms with Crippen LogP contribution >= 0.6 is 34.2 Å². The monoisotopic (exact) mass is 419 g/mol. The maximum atomic E-state index is 6.10. The fourth-order valence-electron chi connectivity index (χ4n) is 1.98. The summed E-state index contributed by atoms with van der Waals surface area (Å²) >= 11 is 8.27. The molecule has 5 nitrogen and oxygen atoms in total. The molecule has 0 radical (unpaired) electrons. The van der Waals surface area contributed by atoms with Crippen molar-refractivity contribution in [2.45, 2.75) is 31.4 Å².